The Morgan fingerprint density at radius 1 is 0.755 bits per heavy atom. The Bertz CT molecular complexity index is 3640. The van der Waals surface area contributed by atoms with Crippen LogP contribution in [0.15, 0.2) is 73.9 Å². The van der Waals surface area contributed by atoms with Crippen LogP contribution < -0.4 is 29.6 Å². The minimum absolute atomic E-state index is 0.0910. The van der Waals surface area contributed by atoms with E-state index in [2.05, 4.69) is 53.2 Å². The van der Waals surface area contributed by atoms with Crippen LogP contribution in [0.3, 0.4) is 0 Å². The van der Waals surface area contributed by atoms with Crippen LogP contribution in [0.2, 0.25) is 0 Å². The maximum atomic E-state index is 15.8. The Hall–Kier alpha value is -8.82. The number of hydrogen-bond donors (Lipinski definition) is 2. The largest absolute Gasteiger partial charge is 0.573 e. The third-order valence-electron chi connectivity index (χ3n) is 16.4. The molecule has 9 rings (SSSR count). The number of carbonyl (C=O) groups excluding carboxylic acids is 6. The lowest BCUT2D eigenvalue weighted by molar-refractivity contribution is -0.275. The van der Waals surface area contributed by atoms with Gasteiger partial charge in [-0.05, 0) is 85.8 Å². The van der Waals surface area contributed by atoms with Crippen molar-refractivity contribution in [2.45, 2.75) is 178 Å². The van der Waals surface area contributed by atoms with Crippen LogP contribution in [0.4, 0.5) is 53.5 Å². The van der Waals surface area contributed by atoms with Gasteiger partial charge < -0.3 is 67.8 Å². The fraction of sp³-hybridized carbons (Fsp3) is 0.562. The fourth-order valence-corrected chi connectivity index (χ4v) is 11.7. The number of nitrogens with one attached hydrogen (secondary N) is 2. The number of hydrogen-bond acceptors (Lipinski definition) is 20. The summed E-state index contributed by atoms with van der Waals surface area (Å²) in [5.74, 6) is -13.5. The van der Waals surface area contributed by atoms with Gasteiger partial charge in [0.15, 0.2) is 11.4 Å². The number of alkyl carbamates (subject to hydrolysis) is 2. The molecule has 2 aliphatic carbocycles. The van der Waals surface area contributed by atoms with Crippen LogP contribution in [0.25, 0.3) is 22.1 Å². The van der Waals surface area contributed by atoms with Gasteiger partial charge >= 0.3 is 48.7 Å². The van der Waals surface area contributed by atoms with E-state index in [4.69, 9.17) is 37.9 Å². The van der Waals surface area contributed by atoms with E-state index in [1.54, 1.807) is 47.6 Å². The summed E-state index contributed by atoms with van der Waals surface area (Å²) in [5, 5.41) is 5.25. The molecule has 3 aliphatic heterocycles. The van der Waals surface area contributed by atoms with Crippen LogP contribution in [-0.2, 0) is 59.4 Å². The number of aromatic nitrogens is 4. The normalized spacial score (nSPS) is 24.5. The Labute approximate surface area is 555 Å². The number of ether oxygens (including phenoxy) is 10. The molecular formula is C64H74F10N8O16. The van der Waals surface area contributed by atoms with Crippen molar-refractivity contribution in [1.29, 1.82) is 0 Å². The lowest BCUT2D eigenvalue weighted by atomic mass is 9.85. The SMILES string of the molecule is C=CCO[C@@H]1CCC[C@H]1OC(=O)N[C@H](C(=O)N1C[C@H](Oc2nc3ccc(OC(F)(F)F)cc3nc2C(F)(F)C=C)C[C@H]1C(=O)OC)C(C)(C)C.COC(=O)[C@@H]1C[C@@H]2CN1C(=O)[C@H](C(C)(C)C)NC(=O)O[C@@H]1CCC[C@H]1OC/C=C/C(F)(F)c1nc3cc(OC(F)(F)F)ccc3nc1O2. The first kappa shape index (κ1) is 75.0. The lowest BCUT2D eigenvalue weighted by Gasteiger charge is -2.35. The smallest absolute Gasteiger partial charge is 0.471 e. The molecule has 4 amide bonds. The average Bonchev–Trinajstić information content (AvgIpc) is 1.24. The number of fused-ring (bicyclic) bond motifs is 6. The van der Waals surface area contributed by atoms with Crippen molar-refractivity contribution in [3.05, 3.63) is 85.2 Å². The second-order valence-electron chi connectivity index (χ2n) is 25.7. The number of benzene rings is 2. The molecule has 4 aromatic rings. The highest BCUT2D eigenvalue weighted by molar-refractivity contribution is 5.92. The third-order valence-corrected chi connectivity index (χ3v) is 16.4. The van der Waals surface area contributed by atoms with Gasteiger partial charge in [0.2, 0.25) is 23.6 Å². The van der Waals surface area contributed by atoms with E-state index < -0.39 is 161 Å². The summed E-state index contributed by atoms with van der Waals surface area (Å²) < 4.78 is 191. The van der Waals surface area contributed by atoms with E-state index in [0.29, 0.717) is 38.2 Å². The molecule has 5 aliphatic rings. The highest BCUT2D eigenvalue weighted by Crippen LogP contribution is 2.41. The zero-order valence-corrected chi connectivity index (χ0v) is 54.4. The summed E-state index contributed by atoms with van der Waals surface area (Å²) in [4.78, 5) is 98.3. The Kier molecular flexibility index (Phi) is 23.0. The van der Waals surface area contributed by atoms with Crippen molar-refractivity contribution in [2.24, 2.45) is 10.8 Å². The number of allylic oxidation sites excluding steroid dienone is 2. The van der Waals surface area contributed by atoms with Crippen molar-refractivity contribution in [2.75, 3.05) is 40.5 Å². The first-order valence-electron chi connectivity index (χ1n) is 30.9. The predicted molar refractivity (Wildman–Crippen MR) is 323 cm³/mol. The first-order valence-corrected chi connectivity index (χ1v) is 30.9. The van der Waals surface area contributed by atoms with Gasteiger partial charge in [-0.1, -0.05) is 60.3 Å². The minimum atomic E-state index is -5.04. The molecule has 0 unspecified atom stereocenters. The van der Waals surface area contributed by atoms with Crippen LogP contribution in [0.5, 0.6) is 23.3 Å². The van der Waals surface area contributed by atoms with Crippen molar-refractivity contribution in [1.82, 2.24) is 40.4 Å². The van der Waals surface area contributed by atoms with Gasteiger partial charge in [0.1, 0.15) is 60.1 Å². The number of rotatable bonds is 14. The van der Waals surface area contributed by atoms with E-state index in [1.165, 1.54) is 0 Å². The summed E-state index contributed by atoms with van der Waals surface area (Å²) in [6, 6.07) is 0.772. The summed E-state index contributed by atoms with van der Waals surface area (Å²) >= 11 is 0. The molecule has 5 heterocycles. The molecule has 4 fully saturated rings. The summed E-state index contributed by atoms with van der Waals surface area (Å²) in [7, 11) is 2.23. The molecule has 2 N–H and O–H groups in total. The van der Waals surface area contributed by atoms with Gasteiger partial charge in [0, 0.05) is 25.0 Å². The van der Waals surface area contributed by atoms with Gasteiger partial charge in [-0.3, -0.25) is 9.59 Å². The Balaban J connectivity index is 0.000000250. The first-order chi connectivity index (χ1) is 45.8. The fourth-order valence-electron chi connectivity index (χ4n) is 11.7. The quantitative estimate of drug-likeness (QED) is 0.0514. The van der Waals surface area contributed by atoms with E-state index in [9.17, 15) is 55.1 Å². The number of nitrogens with zero attached hydrogens (tertiary/aromatic N) is 6. The highest BCUT2D eigenvalue weighted by atomic mass is 19.4. The molecule has 0 spiro atoms. The van der Waals surface area contributed by atoms with E-state index in [1.807, 2.05) is 0 Å². The van der Waals surface area contributed by atoms with Crippen molar-refractivity contribution in [3.63, 3.8) is 0 Å². The molecule has 536 valence electrons. The van der Waals surface area contributed by atoms with E-state index in [0.717, 1.165) is 72.9 Å². The van der Waals surface area contributed by atoms with Gasteiger partial charge in [-0.25, -0.2) is 39.1 Å². The number of amides is 4. The van der Waals surface area contributed by atoms with Gasteiger partial charge in [-0.15, -0.1) is 32.9 Å². The number of carbonyl (C=O) groups is 6. The molecule has 98 heavy (non-hydrogen) atoms. The van der Waals surface area contributed by atoms with Crippen LogP contribution >= 0.6 is 0 Å². The molecule has 2 saturated heterocycles. The van der Waals surface area contributed by atoms with Gasteiger partial charge in [-0.2, -0.15) is 17.6 Å². The monoisotopic (exact) mass is 1400 g/mol. The average molecular weight is 1400 g/mol. The molecule has 2 aromatic carbocycles. The molecule has 10 atom stereocenters. The second kappa shape index (κ2) is 30.1. The molecule has 34 heteroatoms. The van der Waals surface area contributed by atoms with Gasteiger partial charge in [0.25, 0.3) is 0 Å². The molecule has 24 nitrogen and oxygen atoms in total. The predicted octanol–water partition coefficient (Wildman–Crippen LogP) is 10.4. The van der Waals surface area contributed by atoms with E-state index >= 15 is 17.6 Å². The summed E-state index contributed by atoms with van der Waals surface area (Å²) in [6.45, 7) is 16.3. The number of esters is 2. The standard InChI is InChI=1S/C33H39F5N4O8.C31H35F5N4O8/c1-7-14-47-23-10-9-11-24(23)49-30(45)41-26(31(3,4)5)28(43)42-17-19(16-22(42)29(44)46-6)48-27-25(32(34,35)8-2)39-21-15-18(50-33(36,37)38)12-13-20(21)40-27;1-29(2,3)24-26(41)40-15-17(14-20(40)27(42)44-4)46-25-23(37-19-13-16(48-31(34,35)36)9-10-18(19)38-25)30(32,33)11-6-12-45-21-7-5-8-22(21)47-28(43)39-24/h7-8,12-13,15,19,22-24,26H,1-2,9-11,14,16-17H2,3-6H3,(H,41,45);6,9-11,13,17,20-22,24H,5,7-8,12,14-15H2,1-4H3,(H,39,43)/b;11-6+/t19-,22+,23-,24-,26-;17-,20+,21-,22-,24-/m11/s1. The number of alkyl halides is 10. The molecular weight excluding hydrogens is 1330 g/mol. The van der Waals surface area contributed by atoms with Crippen LogP contribution in [-0.4, -0.2) is 180 Å². The number of likely N-dealkylation sites (tertiary alicyclic amines) is 1. The molecule has 2 saturated carbocycles. The summed E-state index contributed by atoms with van der Waals surface area (Å²) in [6.07, 6.45) is -9.75. The Morgan fingerprint density at radius 3 is 1.96 bits per heavy atom. The van der Waals surface area contributed by atoms with E-state index in [-0.39, 0.29) is 73.4 Å². The molecule has 2 aromatic heterocycles. The maximum Gasteiger partial charge on any atom is 0.573 e. The van der Waals surface area contributed by atoms with Crippen molar-refractivity contribution >= 4 is 58.0 Å². The second-order valence-corrected chi connectivity index (χ2v) is 25.7. The minimum Gasteiger partial charge on any atom is -0.471 e. The van der Waals surface area contributed by atoms with Crippen molar-refractivity contribution in [3.8, 4) is 23.3 Å². The number of halogens is 10. The zero-order valence-electron chi connectivity index (χ0n) is 54.4. The topological polar surface area (TPSA) is 277 Å². The van der Waals surface area contributed by atoms with Gasteiger partial charge in [0.05, 0.1) is 74.8 Å². The number of methoxy groups -OCH3 is 2. The van der Waals surface area contributed by atoms with Crippen LogP contribution in [0.1, 0.15) is 104 Å². The lowest BCUT2D eigenvalue weighted by Crippen LogP contribution is -2.57. The summed E-state index contributed by atoms with van der Waals surface area (Å²) in [5.41, 5.74) is -4.76. The van der Waals surface area contributed by atoms with Crippen LogP contribution in [0, 0.1) is 10.8 Å². The molecule has 2 bridgehead atoms. The Morgan fingerprint density at radius 2 is 1.36 bits per heavy atom. The third kappa shape index (κ3) is 18.7. The maximum absolute atomic E-state index is 15.8. The zero-order chi connectivity index (χ0) is 72.0. The highest BCUT2D eigenvalue weighted by Gasteiger charge is 2.50. The van der Waals surface area contributed by atoms with Crippen molar-refractivity contribution < 1.29 is 120 Å². The molecule has 0 radical (unpaired) electrons.